The molecule has 2 aromatic rings. The molecular weight excluding hydrogens is 312 g/mol. The van der Waals surface area contributed by atoms with Gasteiger partial charge in [-0.2, -0.15) is 4.98 Å². The lowest BCUT2D eigenvalue weighted by molar-refractivity contribution is 0.0602. The van der Waals surface area contributed by atoms with Crippen LogP contribution in [0.25, 0.3) is 11.0 Å². The molecule has 0 unspecified atom stereocenters. The second-order valence-electron chi connectivity index (χ2n) is 6.54. The predicted octanol–water partition coefficient (Wildman–Crippen LogP) is 3.14. The first kappa shape index (κ1) is 17.5. The lowest BCUT2D eigenvalue weighted by atomic mass is 10.2. The molecule has 23 heavy (non-hydrogen) atoms. The molecule has 0 atom stereocenters. The zero-order valence-corrected chi connectivity index (χ0v) is 15.4. The smallest absolute Gasteiger partial charge is 0.340 e. The number of esters is 1. The molecule has 0 N–H and O–H groups in total. The molecule has 1 aromatic heterocycles. The van der Waals surface area contributed by atoms with E-state index in [0.717, 1.165) is 11.6 Å². The summed E-state index contributed by atoms with van der Waals surface area (Å²) in [6, 6.07) is 6.89. The van der Waals surface area contributed by atoms with E-state index in [-0.39, 0.29) is 0 Å². The van der Waals surface area contributed by atoms with Crippen molar-refractivity contribution in [3.63, 3.8) is 0 Å². The fourth-order valence-corrected chi connectivity index (χ4v) is 2.97. The summed E-state index contributed by atoms with van der Waals surface area (Å²) in [5.41, 5.74) is 1.77. The SMILES string of the molecule is COC(=O)c1cccc2c1nc(OC)n2COCC[Si](C)(C)C. The lowest BCUT2D eigenvalue weighted by Crippen LogP contribution is -2.22. The number of para-hydroxylation sites is 1. The van der Waals surface area contributed by atoms with Crippen molar-refractivity contribution in [3.8, 4) is 6.01 Å². The van der Waals surface area contributed by atoms with E-state index >= 15 is 0 Å². The van der Waals surface area contributed by atoms with Crippen LogP contribution in [0.15, 0.2) is 18.2 Å². The number of aromatic nitrogens is 2. The summed E-state index contributed by atoms with van der Waals surface area (Å²) in [5.74, 6) is -0.414. The highest BCUT2D eigenvalue weighted by atomic mass is 28.3. The Morgan fingerprint density at radius 1 is 1.26 bits per heavy atom. The van der Waals surface area contributed by atoms with Gasteiger partial charge in [0.15, 0.2) is 0 Å². The number of carbonyl (C=O) groups is 1. The lowest BCUT2D eigenvalue weighted by Gasteiger charge is -2.16. The number of nitrogens with zero attached hydrogens (tertiary/aromatic N) is 2. The third kappa shape index (κ3) is 4.11. The number of fused-ring (bicyclic) bond motifs is 1. The number of carbonyl (C=O) groups excluding carboxylic acids is 1. The van der Waals surface area contributed by atoms with E-state index in [0.29, 0.717) is 30.4 Å². The number of hydrogen-bond donors (Lipinski definition) is 0. The Hall–Kier alpha value is -1.86. The van der Waals surface area contributed by atoms with Crippen molar-refractivity contribution in [1.29, 1.82) is 0 Å². The third-order valence-corrected chi connectivity index (χ3v) is 5.25. The first-order chi connectivity index (χ1) is 10.9. The summed E-state index contributed by atoms with van der Waals surface area (Å²) in [7, 11) is 1.78. The van der Waals surface area contributed by atoms with E-state index < -0.39 is 14.0 Å². The maximum Gasteiger partial charge on any atom is 0.340 e. The van der Waals surface area contributed by atoms with E-state index in [2.05, 4.69) is 24.6 Å². The minimum Gasteiger partial charge on any atom is -0.468 e. The Labute approximate surface area is 137 Å². The number of ether oxygens (including phenoxy) is 3. The number of benzene rings is 1. The van der Waals surface area contributed by atoms with Gasteiger partial charge in [-0.15, -0.1) is 0 Å². The van der Waals surface area contributed by atoms with Crippen molar-refractivity contribution < 1.29 is 19.0 Å². The highest BCUT2D eigenvalue weighted by Gasteiger charge is 2.18. The van der Waals surface area contributed by atoms with Crippen LogP contribution in [0.1, 0.15) is 10.4 Å². The Morgan fingerprint density at radius 2 is 2.00 bits per heavy atom. The molecule has 0 aliphatic heterocycles. The molecule has 1 heterocycles. The zero-order valence-electron chi connectivity index (χ0n) is 14.4. The van der Waals surface area contributed by atoms with E-state index in [1.165, 1.54) is 7.11 Å². The number of rotatable bonds is 7. The standard InChI is InChI=1S/C16H24N2O4Si/c1-20-15(19)12-7-6-8-13-14(12)17-16(21-2)18(13)11-22-9-10-23(3,4)5/h6-8H,9-11H2,1-5H3. The van der Waals surface area contributed by atoms with Crippen LogP contribution in [0.4, 0.5) is 0 Å². The maximum atomic E-state index is 11.9. The van der Waals surface area contributed by atoms with Crippen molar-refractivity contribution in [2.75, 3.05) is 20.8 Å². The van der Waals surface area contributed by atoms with Gasteiger partial charge in [-0.25, -0.2) is 4.79 Å². The Kier molecular flexibility index (Phi) is 5.43. The second-order valence-corrected chi connectivity index (χ2v) is 12.2. The molecule has 0 saturated carbocycles. The fraction of sp³-hybridized carbons (Fsp3) is 0.500. The van der Waals surface area contributed by atoms with Gasteiger partial charge < -0.3 is 14.2 Å². The summed E-state index contributed by atoms with van der Waals surface area (Å²) in [4.78, 5) is 16.3. The number of hydrogen-bond acceptors (Lipinski definition) is 5. The molecule has 0 saturated heterocycles. The highest BCUT2D eigenvalue weighted by Crippen LogP contribution is 2.25. The van der Waals surface area contributed by atoms with Crippen molar-refractivity contribution in [1.82, 2.24) is 9.55 Å². The van der Waals surface area contributed by atoms with Gasteiger partial charge >= 0.3 is 5.97 Å². The summed E-state index contributed by atoms with van der Waals surface area (Å²) >= 11 is 0. The maximum absolute atomic E-state index is 11.9. The van der Waals surface area contributed by atoms with E-state index in [1.807, 2.05) is 10.6 Å². The summed E-state index contributed by atoms with van der Waals surface area (Å²) in [5, 5.41) is 0. The normalized spacial score (nSPS) is 11.7. The molecule has 0 bridgehead atoms. The number of methoxy groups -OCH3 is 2. The summed E-state index contributed by atoms with van der Waals surface area (Å²) in [6.45, 7) is 7.98. The van der Waals surface area contributed by atoms with Crippen LogP contribution < -0.4 is 4.74 Å². The summed E-state index contributed by atoms with van der Waals surface area (Å²) < 4.78 is 17.8. The molecule has 7 heteroatoms. The number of imidazole rings is 1. The van der Waals surface area contributed by atoms with Crippen LogP contribution in [0.2, 0.25) is 25.7 Å². The minimum atomic E-state index is -1.13. The van der Waals surface area contributed by atoms with Crippen LogP contribution in [0.3, 0.4) is 0 Å². The summed E-state index contributed by atoms with van der Waals surface area (Å²) in [6.07, 6.45) is 0. The molecule has 1 aromatic carbocycles. The van der Waals surface area contributed by atoms with Gasteiger partial charge in [0.1, 0.15) is 12.2 Å². The van der Waals surface area contributed by atoms with Crippen LogP contribution in [0.5, 0.6) is 6.01 Å². The van der Waals surface area contributed by atoms with Crippen molar-refractivity contribution in [3.05, 3.63) is 23.8 Å². The molecule has 0 aliphatic carbocycles. The average Bonchev–Trinajstić information content (AvgIpc) is 2.87. The van der Waals surface area contributed by atoms with Crippen LogP contribution in [-0.4, -0.2) is 44.4 Å². The van der Waals surface area contributed by atoms with E-state index in [1.54, 1.807) is 19.2 Å². The third-order valence-electron chi connectivity index (χ3n) is 3.55. The minimum absolute atomic E-state index is 0.342. The monoisotopic (exact) mass is 336 g/mol. The molecule has 6 nitrogen and oxygen atoms in total. The molecule has 0 spiro atoms. The van der Waals surface area contributed by atoms with Gasteiger partial charge in [-0.3, -0.25) is 4.57 Å². The first-order valence-electron chi connectivity index (χ1n) is 7.56. The topological polar surface area (TPSA) is 62.6 Å². The molecule has 0 fully saturated rings. The van der Waals surface area contributed by atoms with Gasteiger partial charge in [-0.05, 0) is 18.2 Å². The van der Waals surface area contributed by atoms with Gasteiger partial charge in [0, 0.05) is 14.7 Å². The van der Waals surface area contributed by atoms with Crippen LogP contribution in [0, 0.1) is 0 Å². The molecule has 0 amide bonds. The van der Waals surface area contributed by atoms with Crippen LogP contribution in [-0.2, 0) is 16.2 Å². The van der Waals surface area contributed by atoms with Crippen molar-refractivity contribution in [2.45, 2.75) is 32.4 Å². The Balaban J connectivity index is 2.27. The van der Waals surface area contributed by atoms with E-state index in [4.69, 9.17) is 14.2 Å². The van der Waals surface area contributed by atoms with Gasteiger partial charge in [0.2, 0.25) is 0 Å². The first-order valence-corrected chi connectivity index (χ1v) is 11.3. The quantitative estimate of drug-likeness (QED) is 0.441. The van der Waals surface area contributed by atoms with Gasteiger partial charge in [0.05, 0.1) is 25.3 Å². The molecule has 0 aliphatic rings. The second kappa shape index (κ2) is 7.14. The van der Waals surface area contributed by atoms with E-state index in [9.17, 15) is 4.79 Å². The van der Waals surface area contributed by atoms with Crippen molar-refractivity contribution in [2.24, 2.45) is 0 Å². The van der Waals surface area contributed by atoms with Crippen molar-refractivity contribution >= 4 is 25.1 Å². The Morgan fingerprint density at radius 3 is 2.61 bits per heavy atom. The Bertz CT molecular complexity index is 691. The van der Waals surface area contributed by atoms with Gasteiger partial charge in [0.25, 0.3) is 6.01 Å². The van der Waals surface area contributed by atoms with Gasteiger partial charge in [-0.1, -0.05) is 25.7 Å². The fourth-order valence-electron chi connectivity index (χ4n) is 2.22. The average molecular weight is 336 g/mol. The van der Waals surface area contributed by atoms with Crippen LogP contribution >= 0.6 is 0 Å². The molecule has 2 rings (SSSR count). The predicted molar refractivity (Wildman–Crippen MR) is 91.7 cm³/mol. The highest BCUT2D eigenvalue weighted by molar-refractivity contribution is 6.76. The molecule has 126 valence electrons. The zero-order chi connectivity index (χ0) is 17.0. The molecular formula is C16H24N2O4Si. The largest absolute Gasteiger partial charge is 0.468 e. The molecule has 0 radical (unpaired) electrons.